The largest absolute Gasteiger partial charge is 0.469 e. The summed E-state index contributed by atoms with van der Waals surface area (Å²) in [6.45, 7) is 7.82. The van der Waals surface area contributed by atoms with Crippen molar-refractivity contribution in [1.82, 2.24) is 4.72 Å². The van der Waals surface area contributed by atoms with E-state index in [0.29, 0.717) is 0 Å². The molecule has 140 valence electrons. The number of hydrogen-bond donors (Lipinski definition) is 1. The van der Waals surface area contributed by atoms with Crippen LogP contribution < -0.4 is 4.72 Å². The van der Waals surface area contributed by atoms with Crippen molar-refractivity contribution in [2.24, 2.45) is 5.41 Å². The Bertz CT molecular complexity index is 618. The van der Waals surface area contributed by atoms with Crippen LogP contribution in [0.25, 0.3) is 0 Å². The highest BCUT2D eigenvalue weighted by atomic mass is 32.2. The minimum atomic E-state index is -1.31. The third-order valence-corrected chi connectivity index (χ3v) is 7.15. The van der Waals surface area contributed by atoms with Crippen molar-refractivity contribution in [3.63, 3.8) is 0 Å². The Morgan fingerprint density at radius 2 is 1.64 bits per heavy atom. The average molecular weight is 366 g/mol. The summed E-state index contributed by atoms with van der Waals surface area (Å²) in [6.07, 6.45) is 4.54. The predicted molar refractivity (Wildman–Crippen MR) is 102 cm³/mol. The summed E-state index contributed by atoms with van der Waals surface area (Å²) in [5, 5.41) is 0. The lowest BCUT2D eigenvalue weighted by Gasteiger charge is -2.49. The van der Waals surface area contributed by atoms with Crippen LogP contribution in [0.5, 0.6) is 0 Å². The molecule has 0 bridgehead atoms. The summed E-state index contributed by atoms with van der Waals surface area (Å²) in [7, 11) is 0.138. The predicted octanol–water partition coefficient (Wildman–Crippen LogP) is 4.08. The molecule has 0 aromatic heterocycles. The summed E-state index contributed by atoms with van der Waals surface area (Å²) >= 11 is 0. The lowest BCUT2D eigenvalue weighted by atomic mass is 9.60. The molecule has 0 heterocycles. The maximum Gasteiger partial charge on any atom is 0.314 e. The Balaban J connectivity index is 2.60. The first kappa shape index (κ1) is 20.1. The minimum Gasteiger partial charge on any atom is -0.469 e. The SMILES string of the molecule is COC(=O)C1([C@](C)(N[S@](=O)C(C)(C)C)c2ccccc2)CCCCC1. The molecule has 1 aliphatic rings. The molecule has 0 saturated heterocycles. The van der Waals surface area contributed by atoms with Gasteiger partial charge in [-0.2, -0.15) is 0 Å². The average Bonchev–Trinajstić information content (AvgIpc) is 2.61. The van der Waals surface area contributed by atoms with Gasteiger partial charge in [-0.15, -0.1) is 0 Å². The van der Waals surface area contributed by atoms with Crippen LogP contribution in [-0.2, 0) is 26.1 Å². The van der Waals surface area contributed by atoms with E-state index in [1.54, 1.807) is 0 Å². The van der Waals surface area contributed by atoms with Gasteiger partial charge in [-0.05, 0) is 46.1 Å². The molecule has 1 aliphatic carbocycles. The molecule has 0 unspecified atom stereocenters. The lowest BCUT2D eigenvalue weighted by Crippen LogP contribution is -2.60. The van der Waals surface area contributed by atoms with Crippen LogP contribution in [0.2, 0.25) is 0 Å². The standard InChI is InChI=1S/C20H31NO3S/c1-18(2,3)25(23)21-19(4,16-12-8-6-9-13-16)20(17(22)24-5)14-10-7-11-15-20/h6,8-9,12-13,21H,7,10-11,14-15H2,1-5H3/t19-,25-/m1/s1. The first-order valence-corrected chi connectivity index (χ1v) is 10.2. The minimum absolute atomic E-state index is 0.211. The first-order chi connectivity index (χ1) is 11.7. The molecule has 0 amide bonds. The summed E-state index contributed by atoms with van der Waals surface area (Å²) in [6, 6.07) is 9.89. The fourth-order valence-electron chi connectivity index (χ4n) is 3.80. The second kappa shape index (κ2) is 7.58. The number of carbonyl (C=O) groups is 1. The quantitative estimate of drug-likeness (QED) is 0.800. The summed E-state index contributed by atoms with van der Waals surface area (Å²) in [4.78, 5) is 13.0. The maximum absolute atomic E-state index is 13.0. The van der Waals surface area contributed by atoms with Crippen molar-refractivity contribution in [1.29, 1.82) is 0 Å². The van der Waals surface area contributed by atoms with Crippen LogP contribution in [0, 0.1) is 5.41 Å². The molecule has 1 N–H and O–H groups in total. The number of rotatable bonds is 5. The smallest absolute Gasteiger partial charge is 0.314 e. The summed E-state index contributed by atoms with van der Waals surface area (Å²) < 4.78 is 21.2. The van der Waals surface area contributed by atoms with Gasteiger partial charge in [0.1, 0.15) is 0 Å². The van der Waals surface area contributed by atoms with Crippen molar-refractivity contribution in [2.75, 3.05) is 7.11 Å². The Kier molecular flexibility index (Phi) is 6.10. The maximum atomic E-state index is 13.0. The van der Waals surface area contributed by atoms with Gasteiger partial charge < -0.3 is 4.74 Å². The fraction of sp³-hybridized carbons (Fsp3) is 0.650. The van der Waals surface area contributed by atoms with Crippen molar-refractivity contribution < 1.29 is 13.7 Å². The number of esters is 1. The molecule has 0 spiro atoms. The number of methoxy groups -OCH3 is 1. The monoisotopic (exact) mass is 365 g/mol. The molecule has 1 saturated carbocycles. The van der Waals surface area contributed by atoms with Gasteiger partial charge in [-0.1, -0.05) is 49.6 Å². The van der Waals surface area contributed by atoms with E-state index in [1.807, 2.05) is 58.0 Å². The number of nitrogens with one attached hydrogen (secondary N) is 1. The topological polar surface area (TPSA) is 55.4 Å². The Morgan fingerprint density at radius 1 is 1.08 bits per heavy atom. The highest BCUT2D eigenvalue weighted by Gasteiger charge is 2.56. The van der Waals surface area contributed by atoms with Crippen molar-refractivity contribution >= 4 is 17.0 Å². The second-order valence-electron chi connectivity index (χ2n) is 8.11. The highest BCUT2D eigenvalue weighted by molar-refractivity contribution is 7.84. The van der Waals surface area contributed by atoms with E-state index in [0.717, 1.165) is 37.7 Å². The zero-order chi connectivity index (χ0) is 18.7. The summed E-state index contributed by atoms with van der Waals surface area (Å²) in [5.41, 5.74) is -0.512. The zero-order valence-electron chi connectivity index (χ0n) is 16.1. The first-order valence-electron chi connectivity index (χ1n) is 9.01. The number of hydrogen-bond acceptors (Lipinski definition) is 3. The van der Waals surface area contributed by atoms with Gasteiger partial charge in [0.2, 0.25) is 0 Å². The van der Waals surface area contributed by atoms with E-state index in [-0.39, 0.29) is 5.97 Å². The third-order valence-electron chi connectivity index (χ3n) is 5.44. The van der Waals surface area contributed by atoms with Crippen molar-refractivity contribution in [2.45, 2.75) is 70.1 Å². The van der Waals surface area contributed by atoms with Gasteiger partial charge in [-0.25, -0.2) is 8.93 Å². The molecule has 1 aromatic rings. The molecular formula is C20H31NO3S. The molecule has 1 aromatic carbocycles. The van der Waals surface area contributed by atoms with E-state index in [4.69, 9.17) is 4.74 Å². The van der Waals surface area contributed by atoms with Crippen LogP contribution in [0.3, 0.4) is 0 Å². The van der Waals surface area contributed by atoms with Crippen molar-refractivity contribution in [3.05, 3.63) is 35.9 Å². The van der Waals surface area contributed by atoms with Gasteiger partial charge in [0.15, 0.2) is 0 Å². The van der Waals surface area contributed by atoms with E-state index >= 15 is 0 Å². The second-order valence-corrected chi connectivity index (χ2v) is 10.1. The third kappa shape index (κ3) is 3.82. The molecule has 0 radical (unpaired) electrons. The fourth-order valence-corrected chi connectivity index (χ4v) is 4.79. The van der Waals surface area contributed by atoms with Crippen LogP contribution in [0.1, 0.15) is 65.4 Å². The molecule has 4 nitrogen and oxygen atoms in total. The molecule has 2 atom stereocenters. The number of benzene rings is 1. The Labute approximate surface area is 154 Å². The Hall–Kier alpha value is -1.20. The van der Waals surface area contributed by atoms with Crippen LogP contribution >= 0.6 is 0 Å². The van der Waals surface area contributed by atoms with Crippen LogP contribution in [0.4, 0.5) is 0 Å². The Morgan fingerprint density at radius 3 is 2.12 bits per heavy atom. The van der Waals surface area contributed by atoms with Crippen molar-refractivity contribution in [3.8, 4) is 0 Å². The molecule has 0 aliphatic heterocycles. The molecular weight excluding hydrogens is 334 g/mol. The van der Waals surface area contributed by atoms with Gasteiger partial charge in [0, 0.05) is 0 Å². The van der Waals surface area contributed by atoms with Gasteiger partial charge in [-0.3, -0.25) is 4.79 Å². The van der Waals surface area contributed by atoms with E-state index in [9.17, 15) is 9.00 Å². The van der Waals surface area contributed by atoms with E-state index in [1.165, 1.54) is 7.11 Å². The molecule has 25 heavy (non-hydrogen) atoms. The van der Waals surface area contributed by atoms with Crippen LogP contribution in [-0.4, -0.2) is 22.0 Å². The lowest BCUT2D eigenvalue weighted by molar-refractivity contribution is -0.161. The van der Waals surface area contributed by atoms with Gasteiger partial charge in [0.25, 0.3) is 0 Å². The van der Waals surface area contributed by atoms with E-state index < -0.39 is 26.7 Å². The van der Waals surface area contributed by atoms with Gasteiger partial charge in [0.05, 0.1) is 33.8 Å². The number of carbonyl (C=O) groups excluding carboxylic acids is 1. The van der Waals surface area contributed by atoms with Crippen LogP contribution in [0.15, 0.2) is 30.3 Å². The molecule has 1 fully saturated rings. The van der Waals surface area contributed by atoms with E-state index in [2.05, 4.69) is 4.72 Å². The zero-order valence-corrected chi connectivity index (χ0v) is 16.9. The normalized spacial score (nSPS) is 21.2. The highest BCUT2D eigenvalue weighted by Crippen LogP contribution is 2.51. The molecule has 5 heteroatoms. The van der Waals surface area contributed by atoms with Gasteiger partial charge >= 0.3 is 5.97 Å². The molecule has 2 rings (SSSR count). The summed E-state index contributed by atoms with van der Waals surface area (Å²) in [5.74, 6) is -0.211. The number of ether oxygens (including phenoxy) is 1.